The van der Waals surface area contributed by atoms with Crippen molar-refractivity contribution in [2.75, 3.05) is 12.4 Å². The van der Waals surface area contributed by atoms with Gasteiger partial charge in [0.1, 0.15) is 5.75 Å². The summed E-state index contributed by atoms with van der Waals surface area (Å²) in [6.45, 7) is 0. The van der Waals surface area contributed by atoms with E-state index in [0.717, 1.165) is 28.8 Å². The lowest BCUT2D eigenvalue weighted by Gasteiger charge is -2.26. The summed E-state index contributed by atoms with van der Waals surface area (Å²) in [5, 5.41) is 3.04. The molecule has 1 N–H and O–H groups in total. The van der Waals surface area contributed by atoms with E-state index in [4.69, 9.17) is 4.74 Å². The number of fused-ring (bicyclic) bond motifs is 3. The lowest BCUT2D eigenvalue weighted by molar-refractivity contribution is -0.118. The number of hydrogen-bond acceptors (Lipinski definition) is 2. The number of nitrogens with one attached hydrogen (secondary N) is 1. The number of carbonyl (C=O) groups is 1. The summed E-state index contributed by atoms with van der Waals surface area (Å²) in [6.07, 6.45) is 5.27. The Bertz CT molecular complexity index is 540. The molecule has 4 unspecified atom stereocenters. The maximum Gasteiger partial charge on any atom is 0.232 e. The number of hydrogen-bond donors (Lipinski definition) is 1. The lowest BCUT2D eigenvalue weighted by Crippen LogP contribution is -2.25. The largest absolute Gasteiger partial charge is 0.497 e. The van der Waals surface area contributed by atoms with E-state index < -0.39 is 0 Å². The molecule has 19 heavy (non-hydrogen) atoms. The van der Waals surface area contributed by atoms with Gasteiger partial charge < -0.3 is 10.1 Å². The molecule has 0 spiro atoms. The molecule has 1 amide bonds. The summed E-state index contributed by atoms with van der Waals surface area (Å²) in [4.78, 5) is 12.3. The zero-order valence-electron chi connectivity index (χ0n) is 11.2. The third-order valence-electron chi connectivity index (χ3n) is 5.36. The quantitative estimate of drug-likeness (QED) is 0.883. The molecule has 4 atom stereocenters. The van der Waals surface area contributed by atoms with E-state index in [2.05, 4.69) is 5.32 Å². The van der Waals surface area contributed by atoms with Crippen molar-refractivity contribution in [3.63, 3.8) is 0 Å². The van der Waals surface area contributed by atoms with Gasteiger partial charge in [-0.2, -0.15) is 0 Å². The van der Waals surface area contributed by atoms with Crippen LogP contribution in [0.3, 0.4) is 0 Å². The Morgan fingerprint density at radius 3 is 2.84 bits per heavy atom. The van der Waals surface area contributed by atoms with Gasteiger partial charge >= 0.3 is 0 Å². The standard InChI is InChI=1S/C16H19NO2/c1-19-11-4-5-14-13(8-11)15(16(18)17-14)12-7-9-2-3-10(12)6-9/h4-5,8-10,12,15H,2-3,6-7H2,1H3,(H,17,18). The summed E-state index contributed by atoms with van der Waals surface area (Å²) in [7, 11) is 1.68. The second-order valence-corrected chi connectivity index (χ2v) is 6.26. The Labute approximate surface area is 113 Å². The van der Waals surface area contributed by atoms with Gasteiger partial charge in [0.05, 0.1) is 13.0 Å². The lowest BCUT2D eigenvalue weighted by atomic mass is 9.76. The van der Waals surface area contributed by atoms with Crippen LogP contribution < -0.4 is 10.1 Å². The molecule has 1 heterocycles. The molecule has 3 heteroatoms. The molecule has 2 saturated carbocycles. The number of benzene rings is 1. The van der Waals surface area contributed by atoms with Crippen LogP contribution >= 0.6 is 0 Å². The van der Waals surface area contributed by atoms with Crippen molar-refractivity contribution in [3.05, 3.63) is 23.8 Å². The minimum Gasteiger partial charge on any atom is -0.497 e. The van der Waals surface area contributed by atoms with E-state index in [1.165, 1.54) is 25.7 Å². The first kappa shape index (κ1) is 11.3. The highest BCUT2D eigenvalue weighted by atomic mass is 16.5. The molecule has 0 saturated heterocycles. The SMILES string of the molecule is COc1ccc2c(c1)C(C1CC3CCC1C3)C(=O)N2. The van der Waals surface area contributed by atoms with E-state index in [1.807, 2.05) is 18.2 Å². The van der Waals surface area contributed by atoms with Crippen LogP contribution in [0.1, 0.15) is 37.2 Å². The number of amides is 1. The molecule has 3 nitrogen and oxygen atoms in total. The summed E-state index contributed by atoms with van der Waals surface area (Å²) < 4.78 is 5.31. The maximum absolute atomic E-state index is 12.3. The number of rotatable bonds is 2. The van der Waals surface area contributed by atoms with Crippen LogP contribution in [0.4, 0.5) is 5.69 Å². The average Bonchev–Trinajstić information content (AvgIpc) is 3.09. The summed E-state index contributed by atoms with van der Waals surface area (Å²) in [5.41, 5.74) is 2.14. The highest BCUT2D eigenvalue weighted by Crippen LogP contribution is 2.55. The maximum atomic E-state index is 12.3. The molecular weight excluding hydrogens is 238 g/mol. The topological polar surface area (TPSA) is 38.3 Å². The summed E-state index contributed by atoms with van der Waals surface area (Å²) >= 11 is 0. The van der Waals surface area contributed by atoms with Crippen molar-refractivity contribution < 1.29 is 9.53 Å². The van der Waals surface area contributed by atoms with Crippen molar-refractivity contribution in [1.82, 2.24) is 0 Å². The molecule has 1 aliphatic heterocycles. The van der Waals surface area contributed by atoms with Crippen LogP contribution in [0, 0.1) is 17.8 Å². The van der Waals surface area contributed by atoms with Crippen molar-refractivity contribution >= 4 is 11.6 Å². The Hall–Kier alpha value is -1.51. The summed E-state index contributed by atoms with van der Waals surface area (Å²) in [6, 6.07) is 5.94. The minimum atomic E-state index is 0.0559. The fraction of sp³-hybridized carbons (Fsp3) is 0.562. The van der Waals surface area contributed by atoms with Gasteiger partial charge in [-0.3, -0.25) is 4.79 Å². The monoisotopic (exact) mass is 257 g/mol. The molecule has 0 radical (unpaired) electrons. The normalized spacial score (nSPS) is 35.3. The second kappa shape index (κ2) is 3.99. The van der Waals surface area contributed by atoms with Crippen LogP contribution in [-0.4, -0.2) is 13.0 Å². The molecule has 4 rings (SSSR count). The van der Waals surface area contributed by atoms with E-state index in [-0.39, 0.29) is 11.8 Å². The van der Waals surface area contributed by atoms with Gasteiger partial charge in [-0.15, -0.1) is 0 Å². The van der Waals surface area contributed by atoms with E-state index in [0.29, 0.717) is 5.92 Å². The highest BCUT2D eigenvalue weighted by Gasteiger charge is 2.48. The van der Waals surface area contributed by atoms with Crippen molar-refractivity contribution in [1.29, 1.82) is 0 Å². The Balaban J connectivity index is 1.72. The third kappa shape index (κ3) is 1.60. The molecule has 1 aromatic rings. The first-order chi connectivity index (χ1) is 9.26. The van der Waals surface area contributed by atoms with Crippen LogP contribution in [0.5, 0.6) is 5.75 Å². The van der Waals surface area contributed by atoms with Crippen molar-refractivity contribution in [3.8, 4) is 5.75 Å². The molecule has 2 aliphatic carbocycles. The predicted molar refractivity (Wildman–Crippen MR) is 73.3 cm³/mol. The van der Waals surface area contributed by atoms with Gasteiger partial charge in [-0.25, -0.2) is 0 Å². The minimum absolute atomic E-state index is 0.0559. The predicted octanol–water partition coefficient (Wildman–Crippen LogP) is 3.17. The van der Waals surface area contributed by atoms with Crippen molar-refractivity contribution in [2.45, 2.75) is 31.6 Å². The van der Waals surface area contributed by atoms with Gasteiger partial charge in [-0.1, -0.05) is 6.42 Å². The molecule has 2 bridgehead atoms. The number of ether oxygens (including phenoxy) is 1. The fourth-order valence-corrected chi connectivity index (χ4v) is 4.52. The Morgan fingerprint density at radius 2 is 2.16 bits per heavy atom. The van der Waals surface area contributed by atoms with Crippen LogP contribution in [0.2, 0.25) is 0 Å². The first-order valence-electron chi connectivity index (χ1n) is 7.25. The van der Waals surface area contributed by atoms with Crippen molar-refractivity contribution in [2.24, 2.45) is 17.8 Å². The van der Waals surface area contributed by atoms with E-state index >= 15 is 0 Å². The van der Waals surface area contributed by atoms with Gasteiger partial charge in [0.15, 0.2) is 0 Å². The first-order valence-corrected chi connectivity index (χ1v) is 7.25. The number of methoxy groups -OCH3 is 1. The molecule has 1 aromatic carbocycles. The van der Waals surface area contributed by atoms with Crippen LogP contribution in [0.25, 0.3) is 0 Å². The number of carbonyl (C=O) groups excluding carboxylic acids is 1. The Morgan fingerprint density at radius 1 is 1.26 bits per heavy atom. The zero-order chi connectivity index (χ0) is 13.0. The molecule has 0 aromatic heterocycles. The molecular formula is C16H19NO2. The van der Waals surface area contributed by atoms with E-state index in [9.17, 15) is 4.79 Å². The fourth-order valence-electron chi connectivity index (χ4n) is 4.52. The average molecular weight is 257 g/mol. The molecule has 100 valence electrons. The molecule has 2 fully saturated rings. The molecule has 3 aliphatic rings. The highest BCUT2D eigenvalue weighted by molar-refractivity contribution is 6.03. The zero-order valence-corrected chi connectivity index (χ0v) is 11.2. The summed E-state index contributed by atoms with van der Waals surface area (Å²) in [5.74, 6) is 3.28. The number of anilines is 1. The Kier molecular flexibility index (Phi) is 2.38. The van der Waals surface area contributed by atoms with Gasteiger partial charge in [0.25, 0.3) is 0 Å². The van der Waals surface area contributed by atoms with Crippen LogP contribution in [-0.2, 0) is 4.79 Å². The smallest absolute Gasteiger partial charge is 0.232 e. The van der Waals surface area contributed by atoms with Crippen LogP contribution in [0.15, 0.2) is 18.2 Å². The van der Waals surface area contributed by atoms with Gasteiger partial charge in [0.2, 0.25) is 5.91 Å². The van der Waals surface area contributed by atoms with E-state index in [1.54, 1.807) is 7.11 Å². The van der Waals surface area contributed by atoms with Gasteiger partial charge in [0, 0.05) is 5.69 Å². The van der Waals surface area contributed by atoms with Gasteiger partial charge in [-0.05, 0) is 60.8 Å². The second-order valence-electron chi connectivity index (χ2n) is 6.26. The third-order valence-corrected chi connectivity index (χ3v) is 5.36.